The van der Waals surface area contributed by atoms with E-state index in [9.17, 15) is 0 Å². The zero-order valence-corrected chi connectivity index (χ0v) is 12.1. The smallest absolute Gasteiger partial charge is 0.0741 e. The number of benzene rings is 2. The van der Waals surface area contributed by atoms with Crippen molar-refractivity contribution in [2.75, 3.05) is 0 Å². The first kappa shape index (κ1) is 13.4. The Bertz CT molecular complexity index is 771. The Morgan fingerprint density at radius 3 is 2.55 bits per heavy atom. The average Bonchev–Trinajstić information content (AvgIpc) is 2.49. The van der Waals surface area contributed by atoms with E-state index in [0.717, 1.165) is 22.2 Å². The van der Waals surface area contributed by atoms with Crippen LogP contribution in [-0.2, 0) is 0 Å². The van der Waals surface area contributed by atoms with Gasteiger partial charge in [0.25, 0.3) is 0 Å². The van der Waals surface area contributed by atoms with Crippen LogP contribution in [0.3, 0.4) is 0 Å². The molecule has 0 aliphatic heterocycles. The summed E-state index contributed by atoms with van der Waals surface area (Å²) in [6.07, 6.45) is 0. The van der Waals surface area contributed by atoms with Crippen LogP contribution in [0.2, 0.25) is 10.0 Å². The molecule has 0 aliphatic rings. The fourth-order valence-electron chi connectivity index (χ4n) is 2.18. The molecule has 2 N–H and O–H groups in total. The van der Waals surface area contributed by atoms with E-state index < -0.39 is 6.04 Å². The average molecular weight is 303 g/mol. The Morgan fingerprint density at radius 1 is 0.900 bits per heavy atom. The summed E-state index contributed by atoms with van der Waals surface area (Å²) in [7, 11) is 0. The van der Waals surface area contributed by atoms with Crippen molar-refractivity contribution in [1.82, 2.24) is 4.98 Å². The normalized spacial score (nSPS) is 12.6. The topological polar surface area (TPSA) is 38.9 Å². The van der Waals surface area contributed by atoms with Gasteiger partial charge in [-0.05, 0) is 23.8 Å². The highest BCUT2D eigenvalue weighted by molar-refractivity contribution is 6.42. The number of nitrogens with zero attached hydrogens (tertiary/aromatic N) is 1. The van der Waals surface area contributed by atoms with E-state index in [2.05, 4.69) is 4.98 Å². The van der Waals surface area contributed by atoms with Gasteiger partial charge in [0.05, 0.1) is 27.3 Å². The highest BCUT2D eigenvalue weighted by Crippen LogP contribution is 2.31. The molecule has 1 atom stereocenters. The molecular formula is C16H12Cl2N2. The molecule has 20 heavy (non-hydrogen) atoms. The lowest BCUT2D eigenvalue weighted by molar-refractivity contribution is 0.836. The standard InChI is InChI=1S/C16H12Cl2N2/c17-12-6-3-5-11(15(12)18)16(19)14-9-8-10-4-1-2-7-13(10)20-14/h1-9,16H,19H2. The van der Waals surface area contributed by atoms with E-state index >= 15 is 0 Å². The van der Waals surface area contributed by atoms with Gasteiger partial charge in [-0.3, -0.25) is 4.98 Å². The minimum Gasteiger partial charge on any atom is -0.319 e. The number of rotatable bonds is 2. The van der Waals surface area contributed by atoms with Gasteiger partial charge in [0.15, 0.2) is 0 Å². The van der Waals surface area contributed by atoms with Gasteiger partial charge in [-0.15, -0.1) is 0 Å². The fourth-order valence-corrected chi connectivity index (χ4v) is 2.60. The minimum absolute atomic E-state index is 0.397. The fraction of sp³-hybridized carbons (Fsp3) is 0.0625. The zero-order chi connectivity index (χ0) is 14.1. The molecule has 0 saturated heterocycles. The lowest BCUT2D eigenvalue weighted by atomic mass is 10.0. The van der Waals surface area contributed by atoms with E-state index in [1.807, 2.05) is 48.5 Å². The second-order valence-corrected chi connectivity index (χ2v) is 5.33. The maximum absolute atomic E-state index is 6.27. The van der Waals surface area contributed by atoms with Crippen LogP contribution in [0.5, 0.6) is 0 Å². The molecule has 0 amide bonds. The molecule has 0 saturated carbocycles. The third kappa shape index (κ3) is 2.38. The first-order chi connectivity index (χ1) is 9.66. The Hall–Kier alpha value is -1.61. The number of nitrogens with two attached hydrogens (primary N) is 1. The number of halogens is 2. The molecule has 3 rings (SSSR count). The molecule has 0 bridgehead atoms. The molecule has 2 nitrogen and oxygen atoms in total. The highest BCUT2D eigenvalue weighted by atomic mass is 35.5. The number of para-hydroxylation sites is 1. The first-order valence-electron chi connectivity index (χ1n) is 6.22. The maximum Gasteiger partial charge on any atom is 0.0741 e. The van der Waals surface area contributed by atoms with Gasteiger partial charge < -0.3 is 5.73 Å². The van der Waals surface area contributed by atoms with E-state index in [-0.39, 0.29) is 0 Å². The lowest BCUT2D eigenvalue weighted by Crippen LogP contribution is -2.14. The molecule has 3 aromatic rings. The maximum atomic E-state index is 6.27. The van der Waals surface area contributed by atoms with Crippen molar-refractivity contribution in [3.8, 4) is 0 Å². The Labute approximate surface area is 127 Å². The lowest BCUT2D eigenvalue weighted by Gasteiger charge is -2.14. The molecule has 1 heterocycles. The predicted molar refractivity (Wildman–Crippen MR) is 84.2 cm³/mol. The van der Waals surface area contributed by atoms with Crippen LogP contribution in [0.25, 0.3) is 10.9 Å². The molecule has 2 aromatic carbocycles. The summed E-state index contributed by atoms with van der Waals surface area (Å²) in [5, 5.41) is 2.07. The van der Waals surface area contributed by atoms with Crippen LogP contribution in [0, 0.1) is 0 Å². The number of hydrogen-bond acceptors (Lipinski definition) is 2. The summed E-state index contributed by atoms with van der Waals surface area (Å²) in [6.45, 7) is 0. The van der Waals surface area contributed by atoms with Crippen molar-refractivity contribution >= 4 is 34.1 Å². The molecule has 1 aromatic heterocycles. The molecule has 0 aliphatic carbocycles. The summed E-state index contributed by atoms with van der Waals surface area (Å²) in [4.78, 5) is 4.60. The van der Waals surface area contributed by atoms with Gasteiger partial charge in [0, 0.05) is 5.39 Å². The Morgan fingerprint density at radius 2 is 1.70 bits per heavy atom. The number of pyridine rings is 1. The van der Waals surface area contributed by atoms with Crippen molar-refractivity contribution < 1.29 is 0 Å². The molecule has 1 unspecified atom stereocenters. The first-order valence-corrected chi connectivity index (χ1v) is 6.97. The molecule has 0 spiro atoms. The van der Waals surface area contributed by atoms with Gasteiger partial charge in [-0.1, -0.05) is 59.6 Å². The zero-order valence-electron chi connectivity index (χ0n) is 10.6. The number of fused-ring (bicyclic) bond motifs is 1. The molecule has 100 valence electrons. The summed E-state index contributed by atoms with van der Waals surface area (Å²) < 4.78 is 0. The summed E-state index contributed by atoms with van der Waals surface area (Å²) in [5.41, 5.74) is 8.74. The SMILES string of the molecule is NC(c1ccc2ccccc2n1)c1cccc(Cl)c1Cl. The van der Waals surface area contributed by atoms with Crippen LogP contribution >= 0.6 is 23.2 Å². The van der Waals surface area contributed by atoms with Crippen molar-refractivity contribution in [2.45, 2.75) is 6.04 Å². The van der Waals surface area contributed by atoms with Gasteiger partial charge in [0.1, 0.15) is 0 Å². The number of hydrogen-bond donors (Lipinski definition) is 1. The van der Waals surface area contributed by atoms with E-state index in [1.165, 1.54) is 0 Å². The third-order valence-corrected chi connectivity index (χ3v) is 4.09. The van der Waals surface area contributed by atoms with Gasteiger partial charge in [-0.2, -0.15) is 0 Å². The monoisotopic (exact) mass is 302 g/mol. The third-order valence-electron chi connectivity index (χ3n) is 3.26. The van der Waals surface area contributed by atoms with Crippen molar-refractivity contribution in [3.05, 3.63) is 75.9 Å². The number of aromatic nitrogens is 1. The molecule has 0 radical (unpaired) electrons. The Kier molecular flexibility index (Phi) is 3.62. The highest BCUT2D eigenvalue weighted by Gasteiger charge is 2.15. The van der Waals surface area contributed by atoms with Gasteiger partial charge in [0.2, 0.25) is 0 Å². The molecule has 0 fully saturated rings. The summed E-state index contributed by atoms with van der Waals surface area (Å²) in [5.74, 6) is 0. The molecule has 4 heteroatoms. The van der Waals surface area contributed by atoms with Gasteiger partial charge in [-0.25, -0.2) is 0 Å². The van der Waals surface area contributed by atoms with Crippen molar-refractivity contribution in [2.24, 2.45) is 5.73 Å². The van der Waals surface area contributed by atoms with Crippen LogP contribution in [0.15, 0.2) is 54.6 Å². The largest absolute Gasteiger partial charge is 0.319 e. The van der Waals surface area contributed by atoms with Crippen LogP contribution in [0.4, 0.5) is 0 Å². The second kappa shape index (κ2) is 5.41. The van der Waals surface area contributed by atoms with E-state index in [1.54, 1.807) is 6.07 Å². The van der Waals surface area contributed by atoms with Crippen molar-refractivity contribution in [3.63, 3.8) is 0 Å². The van der Waals surface area contributed by atoms with Gasteiger partial charge >= 0.3 is 0 Å². The van der Waals surface area contributed by atoms with E-state index in [4.69, 9.17) is 28.9 Å². The Balaban J connectivity index is 2.08. The quantitative estimate of drug-likeness (QED) is 0.752. The minimum atomic E-state index is -0.397. The van der Waals surface area contributed by atoms with Crippen LogP contribution in [0.1, 0.15) is 17.3 Å². The van der Waals surface area contributed by atoms with Crippen LogP contribution < -0.4 is 5.73 Å². The summed E-state index contributed by atoms with van der Waals surface area (Å²) in [6, 6.07) is 16.9. The van der Waals surface area contributed by atoms with Crippen LogP contribution in [-0.4, -0.2) is 4.98 Å². The second-order valence-electron chi connectivity index (χ2n) is 4.55. The van der Waals surface area contributed by atoms with E-state index in [0.29, 0.717) is 10.0 Å². The summed E-state index contributed by atoms with van der Waals surface area (Å²) >= 11 is 12.2. The predicted octanol–water partition coefficient (Wildman–Crippen LogP) is 4.59. The van der Waals surface area contributed by atoms with Crippen molar-refractivity contribution in [1.29, 1.82) is 0 Å². The molecular weight excluding hydrogens is 291 g/mol.